The van der Waals surface area contributed by atoms with E-state index in [0.717, 1.165) is 17.8 Å². The third-order valence-corrected chi connectivity index (χ3v) is 2.27. The normalized spacial score (nSPS) is 27.8. The van der Waals surface area contributed by atoms with Gasteiger partial charge in [-0.1, -0.05) is 0 Å². The molecule has 0 bridgehead atoms. The van der Waals surface area contributed by atoms with Crippen LogP contribution in [0.5, 0.6) is 0 Å². The van der Waals surface area contributed by atoms with Gasteiger partial charge in [0.2, 0.25) is 0 Å². The molecule has 70 valence electrons. The SMILES string of the molecule is Cc1ccc(C2NNCC2C=O)o1. The number of hydrogen-bond acceptors (Lipinski definition) is 4. The molecule has 2 rings (SSSR count). The van der Waals surface area contributed by atoms with Gasteiger partial charge in [0.1, 0.15) is 17.8 Å². The number of aryl methyl sites for hydroxylation is 1. The van der Waals surface area contributed by atoms with Crippen LogP contribution in [0.1, 0.15) is 17.6 Å². The van der Waals surface area contributed by atoms with Gasteiger partial charge in [0.15, 0.2) is 0 Å². The minimum atomic E-state index is -0.0365. The molecule has 2 atom stereocenters. The molecule has 2 unspecified atom stereocenters. The Hall–Kier alpha value is -1.13. The van der Waals surface area contributed by atoms with E-state index in [1.54, 1.807) is 0 Å². The van der Waals surface area contributed by atoms with Crippen LogP contribution in [0.15, 0.2) is 16.5 Å². The first-order chi connectivity index (χ1) is 6.31. The van der Waals surface area contributed by atoms with E-state index in [9.17, 15) is 4.79 Å². The number of nitrogens with one attached hydrogen (secondary N) is 2. The average Bonchev–Trinajstić information content (AvgIpc) is 2.71. The third-order valence-electron chi connectivity index (χ3n) is 2.27. The summed E-state index contributed by atoms with van der Waals surface area (Å²) in [6.07, 6.45) is 0.954. The van der Waals surface area contributed by atoms with Gasteiger partial charge < -0.3 is 9.21 Å². The van der Waals surface area contributed by atoms with Crippen LogP contribution in [0.25, 0.3) is 0 Å². The summed E-state index contributed by atoms with van der Waals surface area (Å²) in [5.41, 5.74) is 5.95. The molecule has 1 aliphatic rings. The summed E-state index contributed by atoms with van der Waals surface area (Å²) in [6.45, 7) is 2.55. The zero-order valence-electron chi connectivity index (χ0n) is 7.41. The largest absolute Gasteiger partial charge is 0.465 e. The number of aldehydes is 1. The third kappa shape index (κ3) is 1.50. The smallest absolute Gasteiger partial charge is 0.126 e. The topological polar surface area (TPSA) is 54.3 Å². The quantitative estimate of drug-likeness (QED) is 0.653. The highest BCUT2D eigenvalue weighted by atomic mass is 16.3. The monoisotopic (exact) mass is 180 g/mol. The van der Waals surface area contributed by atoms with Crippen molar-refractivity contribution in [1.29, 1.82) is 0 Å². The summed E-state index contributed by atoms with van der Waals surface area (Å²) < 4.78 is 5.44. The molecule has 4 nitrogen and oxygen atoms in total. The average molecular weight is 180 g/mol. The molecule has 2 heterocycles. The Morgan fingerprint density at radius 1 is 1.62 bits per heavy atom. The number of hydrogen-bond donors (Lipinski definition) is 2. The van der Waals surface area contributed by atoms with Crippen molar-refractivity contribution >= 4 is 6.29 Å². The zero-order valence-corrected chi connectivity index (χ0v) is 7.41. The van der Waals surface area contributed by atoms with Crippen LogP contribution in [0.4, 0.5) is 0 Å². The Morgan fingerprint density at radius 3 is 3.08 bits per heavy atom. The van der Waals surface area contributed by atoms with Crippen LogP contribution >= 0.6 is 0 Å². The number of rotatable bonds is 2. The van der Waals surface area contributed by atoms with E-state index in [0.29, 0.717) is 6.54 Å². The van der Waals surface area contributed by atoms with Crippen molar-refractivity contribution in [1.82, 2.24) is 10.9 Å². The van der Waals surface area contributed by atoms with E-state index in [2.05, 4.69) is 10.9 Å². The Bertz CT molecular complexity index is 308. The second-order valence-electron chi connectivity index (χ2n) is 3.25. The van der Waals surface area contributed by atoms with E-state index < -0.39 is 0 Å². The van der Waals surface area contributed by atoms with Crippen molar-refractivity contribution in [3.05, 3.63) is 23.7 Å². The van der Waals surface area contributed by atoms with Crippen LogP contribution in [-0.4, -0.2) is 12.8 Å². The summed E-state index contributed by atoms with van der Waals surface area (Å²) in [5.74, 6) is 1.65. The summed E-state index contributed by atoms with van der Waals surface area (Å²) in [6, 6.07) is 3.78. The fourth-order valence-corrected chi connectivity index (χ4v) is 1.54. The van der Waals surface area contributed by atoms with Gasteiger partial charge in [-0.2, -0.15) is 0 Å². The van der Waals surface area contributed by atoms with Crippen LogP contribution in [0.2, 0.25) is 0 Å². The van der Waals surface area contributed by atoms with Crippen molar-refractivity contribution < 1.29 is 9.21 Å². The van der Waals surface area contributed by atoms with Crippen LogP contribution in [0.3, 0.4) is 0 Å². The molecule has 4 heteroatoms. The standard InChI is InChI=1S/C9H12N2O2/c1-6-2-3-8(13-6)9-7(5-12)4-10-11-9/h2-3,5,7,9-11H,4H2,1H3. The molecule has 0 aromatic carbocycles. The molecular weight excluding hydrogens is 168 g/mol. The molecule has 1 aliphatic heterocycles. The lowest BCUT2D eigenvalue weighted by Gasteiger charge is -2.09. The molecule has 0 aliphatic carbocycles. The van der Waals surface area contributed by atoms with Gasteiger partial charge >= 0.3 is 0 Å². The zero-order chi connectivity index (χ0) is 9.26. The van der Waals surface area contributed by atoms with E-state index in [1.807, 2.05) is 19.1 Å². The molecular formula is C9H12N2O2. The van der Waals surface area contributed by atoms with Gasteiger partial charge in [-0.05, 0) is 19.1 Å². The van der Waals surface area contributed by atoms with Gasteiger partial charge in [0, 0.05) is 6.54 Å². The molecule has 0 spiro atoms. The predicted octanol–water partition coefficient (Wildman–Crippen LogP) is 0.552. The molecule has 1 saturated heterocycles. The van der Waals surface area contributed by atoms with Gasteiger partial charge in [-0.3, -0.25) is 5.43 Å². The first-order valence-corrected chi connectivity index (χ1v) is 4.31. The minimum absolute atomic E-state index is 0.0220. The molecule has 0 saturated carbocycles. The van der Waals surface area contributed by atoms with Gasteiger partial charge in [0.05, 0.1) is 12.0 Å². The number of hydrazine groups is 1. The van der Waals surface area contributed by atoms with Crippen LogP contribution in [0, 0.1) is 12.8 Å². The maximum absolute atomic E-state index is 10.7. The highest BCUT2D eigenvalue weighted by molar-refractivity contribution is 5.56. The van der Waals surface area contributed by atoms with Gasteiger partial charge in [0.25, 0.3) is 0 Å². The predicted molar refractivity (Wildman–Crippen MR) is 46.9 cm³/mol. The summed E-state index contributed by atoms with van der Waals surface area (Å²) >= 11 is 0. The van der Waals surface area contributed by atoms with E-state index in [4.69, 9.17) is 4.42 Å². The fourth-order valence-electron chi connectivity index (χ4n) is 1.54. The lowest BCUT2D eigenvalue weighted by atomic mass is 10.0. The molecule has 1 aromatic heterocycles. The van der Waals surface area contributed by atoms with Crippen molar-refractivity contribution in [3.8, 4) is 0 Å². The van der Waals surface area contributed by atoms with Gasteiger partial charge in [-0.25, -0.2) is 5.43 Å². The lowest BCUT2D eigenvalue weighted by molar-refractivity contribution is -0.111. The molecule has 0 radical (unpaired) electrons. The minimum Gasteiger partial charge on any atom is -0.465 e. The van der Waals surface area contributed by atoms with Crippen molar-refractivity contribution in [2.24, 2.45) is 5.92 Å². The van der Waals surface area contributed by atoms with E-state index >= 15 is 0 Å². The molecule has 1 aromatic rings. The fraction of sp³-hybridized carbons (Fsp3) is 0.444. The summed E-state index contributed by atoms with van der Waals surface area (Å²) in [4.78, 5) is 10.7. The first-order valence-electron chi connectivity index (χ1n) is 4.31. The van der Waals surface area contributed by atoms with E-state index in [-0.39, 0.29) is 12.0 Å². The Kier molecular flexibility index (Phi) is 2.16. The number of furan rings is 1. The maximum Gasteiger partial charge on any atom is 0.126 e. The Labute approximate surface area is 76.3 Å². The van der Waals surface area contributed by atoms with Crippen LogP contribution < -0.4 is 10.9 Å². The molecule has 2 N–H and O–H groups in total. The Morgan fingerprint density at radius 2 is 2.46 bits per heavy atom. The molecule has 1 fully saturated rings. The highest BCUT2D eigenvalue weighted by Gasteiger charge is 2.29. The van der Waals surface area contributed by atoms with Crippen molar-refractivity contribution in [2.75, 3.05) is 6.54 Å². The Balaban J connectivity index is 2.20. The maximum atomic E-state index is 10.7. The number of carbonyl (C=O) groups excluding carboxylic acids is 1. The second-order valence-corrected chi connectivity index (χ2v) is 3.25. The lowest BCUT2D eigenvalue weighted by Crippen LogP contribution is -2.24. The van der Waals surface area contributed by atoms with E-state index in [1.165, 1.54) is 0 Å². The first kappa shape index (κ1) is 8.47. The second kappa shape index (κ2) is 3.32. The van der Waals surface area contributed by atoms with Gasteiger partial charge in [-0.15, -0.1) is 0 Å². The summed E-state index contributed by atoms with van der Waals surface area (Å²) in [5, 5.41) is 0. The van der Waals surface area contributed by atoms with Crippen LogP contribution in [-0.2, 0) is 4.79 Å². The molecule has 0 amide bonds. The summed E-state index contributed by atoms with van der Waals surface area (Å²) in [7, 11) is 0. The highest BCUT2D eigenvalue weighted by Crippen LogP contribution is 2.24. The van der Waals surface area contributed by atoms with Crippen molar-refractivity contribution in [2.45, 2.75) is 13.0 Å². The number of carbonyl (C=O) groups is 1. The molecule has 13 heavy (non-hydrogen) atoms. The van der Waals surface area contributed by atoms with Crippen molar-refractivity contribution in [3.63, 3.8) is 0 Å².